The van der Waals surface area contributed by atoms with Gasteiger partial charge < -0.3 is 9.84 Å². The highest BCUT2D eigenvalue weighted by atomic mass is 32.1. The Balaban J connectivity index is 1.29. The summed E-state index contributed by atoms with van der Waals surface area (Å²) in [7, 11) is 0. The van der Waals surface area contributed by atoms with E-state index in [0.29, 0.717) is 22.2 Å². The molecular formula is C24H17N7O3S. The average Bonchev–Trinajstić information content (AvgIpc) is 3.57. The quantitative estimate of drug-likeness (QED) is 0.396. The first-order valence-corrected chi connectivity index (χ1v) is 11.5. The van der Waals surface area contributed by atoms with Crippen molar-refractivity contribution in [1.82, 2.24) is 29.3 Å². The molecule has 11 heteroatoms. The fraction of sp³-hybridized carbons (Fsp3) is 0.0833. The molecule has 0 aliphatic heterocycles. The standard InChI is InChI=1S/C24H17N7O3S/c1-14-6-4-7-15(12-14)20-27-22(34-29-20)16-8-5-11-30-21(16)28-31(24(30)33)13-19(32)26-23-25-17-9-2-3-10-18(17)35-23/h2-12H,13H2,1H3,(H,25,26,32). The van der Waals surface area contributed by atoms with Crippen LogP contribution in [0.4, 0.5) is 5.13 Å². The highest BCUT2D eigenvalue weighted by molar-refractivity contribution is 7.22. The molecule has 2 aromatic carbocycles. The number of thiazole rings is 1. The summed E-state index contributed by atoms with van der Waals surface area (Å²) in [6, 6.07) is 18.8. The van der Waals surface area contributed by atoms with Gasteiger partial charge in [0.05, 0.1) is 15.8 Å². The Morgan fingerprint density at radius 3 is 2.83 bits per heavy atom. The third-order valence-electron chi connectivity index (χ3n) is 5.38. The van der Waals surface area contributed by atoms with Crippen LogP contribution in [-0.4, -0.2) is 35.2 Å². The van der Waals surface area contributed by atoms with Gasteiger partial charge in [-0.05, 0) is 37.3 Å². The Morgan fingerprint density at radius 2 is 1.97 bits per heavy atom. The van der Waals surface area contributed by atoms with Gasteiger partial charge in [-0.25, -0.2) is 18.9 Å². The number of nitrogens with zero attached hydrogens (tertiary/aromatic N) is 6. The van der Waals surface area contributed by atoms with E-state index in [-0.39, 0.29) is 12.4 Å². The number of pyridine rings is 1. The monoisotopic (exact) mass is 483 g/mol. The minimum absolute atomic E-state index is 0.225. The Morgan fingerprint density at radius 1 is 1.09 bits per heavy atom. The van der Waals surface area contributed by atoms with Crippen molar-refractivity contribution in [3.63, 3.8) is 0 Å². The van der Waals surface area contributed by atoms with Gasteiger partial charge in [-0.1, -0.05) is 52.4 Å². The summed E-state index contributed by atoms with van der Waals surface area (Å²) in [6.45, 7) is 1.71. The van der Waals surface area contributed by atoms with Crippen LogP contribution < -0.4 is 11.0 Å². The number of amides is 1. The maximum absolute atomic E-state index is 12.9. The predicted molar refractivity (Wildman–Crippen MR) is 131 cm³/mol. The zero-order valence-electron chi connectivity index (χ0n) is 18.4. The van der Waals surface area contributed by atoms with Crippen LogP contribution in [-0.2, 0) is 11.3 Å². The normalized spacial score (nSPS) is 11.3. The molecule has 0 radical (unpaired) electrons. The van der Waals surface area contributed by atoms with Crippen LogP contribution in [0.1, 0.15) is 5.56 Å². The van der Waals surface area contributed by atoms with Gasteiger partial charge >= 0.3 is 5.69 Å². The highest BCUT2D eigenvalue weighted by Crippen LogP contribution is 2.26. The Labute approximate surface area is 201 Å². The van der Waals surface area contributed by atoms with Gasteiger partial charge in [-0.2, -0.15) is 4.98 Å². The zero-order chi connectivity index (χ0) is 23.9. The highest BCUT2D eigenvalue weighted by Gasteiger charge is 2.19. The summed E-state index contributed by atoms with van der Waals surface area (Å²) in [4.78, 5) is 34.4. The summed E-state index contributed by atoms with van der Waals surface area (Å²) >= 11 is 1.36. The molecular weight excluding hydrogens is 466 g/mol. The first-order chi connectivity index (χ1) is 17.0. The van der Waals surface area contributed by atoms with Gasteiger partial charge in [0, 0.05) is 11.8 Å². The maximum atomic E-state index is 12.9. The minimum Gasteiger partial charge on any atom is -0.333 e. The zero-order valence-corrected chi connectivity index (χ0v) is 19.2. The first kappa shape index (κ1) is 20.9. The molecule has 1 amide bonds. The number of hydrogen-bond acceptors (Lipinski definition) is 8. The second-order valence-electron chi connectivity index (χ2n) is 7.88. The summed E-state index contributed by atoms with van der Waals surface area (Å²) in [5.41, 5.74) is 3.03. The lowest BCUT2D eigenvalue weighted by Gasteiger charge is -2.00. The molecule has 6 rings (SSSR count). The molecule has 4 heterocycles. The summed E-state index contributed by atoms with van der Waals surface area (Å²) < 4.78 is 8.88. The number of carbonyl (C=O) groups excluding carboxylic acids is 1. The summed E-state index contributed by atoms with van der Waals surface area (Å²) in [5, 5.41) is 11.6. The number of benzene rings is 2. The van der Waals surface area contributed by atoms with Crippen molar-refractivity contribution >= 4 is 38.2 Å². The van der Waals surface area contributed by atoms with Gasteiger partial charge in [0.2, 0.25) is 11.7 Å². The van der Waals surface area contributed by atoms with Crippen LogP contribution in [0.25, 0.3) is 38.7 Å². The second kappa shape index (κ2) is 8.29. The molecule has 10 nitrogen and oxygen atoms in total. The lowest BCUT2D eigenvalue weighted by molar-refractivity contribution is -0.117. The molecule has 6 aromatic rings. The van der Waals surface area contributed by atoms with Crippen molar-refractivity contribution in [1.29, 1.82) is 0 Å². The van der Waals surface area contributed by atoms with Crippen molar-refractivity contribution in [3.05, 3.63) is 82.9 Å². The molecule has 0 fully saturated rings. The van der Waals surface area contributed by atoms with Gasteiger partial charge in [0.1, 0.15) is 6.54 Å². The topological polar surface area (TPSA) is 120 Å². The van der Waals surface area contributed by atoms with Crippen LogP contribution in [0.2, 0.25) is 0 Å². The van der Waals surface area contributed by atoms with E-state index in [0.717, 1.165) is 26.0 Å². The SMILES string of the molecule is Cc1cccc(-c2noc(-c3cccn4c(=O)n(CC(=O)Nc5nc6ccccc6s5)nc34)n2)c1. The van der Waals surface area contributed by atoms with Crippen LogP contribution in [0.5, 0.6) is 0 Å². The fourth-order valence-electron chi connectivity index (χ4n) is 3.76. The molecule has 35 heavy (non-hydrogen) atoms. The van der Waals surface area contributed by atoms with Crippen molar-refractivity contribution < 1.29 is 9.32 Å². The third kappa shape index (κ3) is 3.87. The number of nitrogens with one attached hydrogen (secondary N) is 1. The third-order valence-corrected chi connectivity index (χ3v) is 6.33. The number of anilines is 1. The van der Waals surface area contributed by atoms with E-state index in [1.807, 2.05) is 55.5 Å². The maximum Gasteiger partial charge on any atom is 0.350 e. The lowest BCUT2D eigenvalue weighted by Crippen LogP contribution is -2.28. The van der Waals surface area contributed by atoms with E-state index >= 15 is 0 Å². The molecule has 0 spiro atoms. The van der Waals surface area contributed by atoms with Crippen molar-refractivity contribution in [2.24, 2.45) is 0 Å². The smallest absolute Gasteiger partial charge is 0.333 e. The molecule has 0 aliphatic carbocycles. The van der Waals surface area contributed by atoms with E-state index < -0.39 is 11.6 Å². The molecule has 0 saturated carbocycles. The van der Waals surface area contributed by atoms with E-state index in [2.05, 4.69) is 25.5 Å². The molecule has 0 unspecified atom stereocenters. The van der Waals surface area contributed by atoms with Crippen LogP contribution in [0.3, 0.4) is 0 Å². The number of para-hydroxylation sites is 1. The second-order valence-corrected chi connectivity index (χ2v) is 8.91. The van der Waals surface area contributed by atoms with E-state index in [1.165, 1.54) is 15.7 Å². The van der Waals surface area contributed by atoms with Crippen LogP contribution >= 0.6 is 11.3 Å². The van der Waals surface area contributed by atoms with Gasteiger partial charge in [-0.3, -0.25) is 4.79 Å². The first-order valence-electron chi connectivity index (χ1n) is 10.7. The summed E-state index contributed by atoms with van der Waals surface area (Å²) in [6.07, 6.45) is 1.58. The van der Waals surface area contributed by atoms with Crippen molar-refractivity contribution in [3.8, 4) is 22.8 Å². The largest absolute Gasteiger partial charge is 0.350 e. The van der Waals surface area contributed by atoms with E-state index in [1.54, 1.807) is 18.3 Å². The molecule has 172 valence electrons. The number of rotatable bonds is 5. The number of aryl methyl sites for hydroxylation is 1. The fourth-order valence-corrected chi connectivity index (χ4v) is 4.64. The molecule has 4 aromatic heterocycles. The molecule has 0 atom stereocenters. The van der Waals surface area contributed by atoms with Crippen LogP contribution in [0.15, 0.2) is 76.2 Å². The number of hydrogen-bond donors (Lipinski definition) is 1. The van der Waals surface area contributed by atoms with Crippen molar-refractivity contribution in [2.75, 3.05) is 5.32 Å². The van der Waals surface area contributed by atoms with E-state index in [9.17, 15) is 9.59 Å². The Kier molecular flexibility index (Phi) is 4.96. The number of carbonyl (C=O) groups is 1. The average molecular weight is 484 g/mol. The lowest BCUT2D eigenvalue weighted by atomic mass is 10.1. The van der Waals surface area contributed by atoms with Gasteiger partial charge in [0.25, 0.3) is 5.89 Å². The Bertz CT molecular complexity index is 1750. The molecule has 0 aliphatic rings. The predicted octanol–water partition coefficient (Wildman–Crippen LogP) is 3.77. The molecule has 0 saturated heterocycles. The minimum atomic E-state index is -0.459. The number of aromatic nitrogens is 6. The van der Waals surface area contributed by atoms with Gasteiger partial charge in [0.15, 0.2) is 10.8 Å². The van der Waals surface area contributed by atoms with E-state index in [4.69, 9.17) is 4.52 Å². The number of fused-ring (bicyclic) bond motifs is 2. The molecule has 1 N–H and O–H groups in total. The Hall–Kier alpha value is -4.64. The van der Waals surface area contributed by atoms with Gasteiger partial charge in [-0.15, -0.1) is 5.10 Å². The summed E-state index contributed by atoms with van der Waals surface area (Å²) in [5.74, 6) is 0.251. The molecule has 0 bridgehead atoms. The van der Waals surface area contributed by atoms with Crippen LogP contribution in [0, 0.1) is 6.92 Å². The van der Waals surface area contributed by atoms with Crippen molar-refractivity contribution in [2.45, 2.75) is 13.5 Å².